The predicted molar refractivity (Wildman–Crippen MR) is 106 cm³/mol. The van der Waals surface area contributed by atoms with Crippen LogP contribution in [0.4, 0.5) is 0 Å². The molecule has 1 aromatic heterocycles. The molecular weight excluding hydrogens is 346 g/mol. The lowest BCUT2D eigenvalue weighted by Gasteiger charge is -2.13. The lowest BCUT2D eigenvalue weighted by molar-refractivity contribution is 0.787. The fourth-order valence-electron chi connectivity index (χ4n) is 2.66. The normalized spacial score (nSPS) is 11.4. The van der Waals surface area contributed by atoms with Gasteiger partial charge in [0, 0.05) is 44.1 Å². The zero-order chi connectivity index (χ0) is 18.2. The van der Waals surface area contributed by atoms with Gasteiger partial charge in [-0.25, -0.2) is 4.98 Å². The molecule has 5 nitrogen and oxygen atoms in total. The third-order valence-corrected chi connectivity index (χ3v) is 4.37. The molecule has 0 aliphatic rings. The van der Waals surface area contributed by atoms with Gasteiger partial charge >= 0.3 is 0 Å². The van der Waals surface area contributed by atoms with Gasteiger partial charge in [0.1, 0.15) is 0 Å². The van der Waals surface area contributed by atoms with Crippen molar-refractivity contribution in [2.45, 2.75) is 19.6 Å². The van der Waals surface area contributed by atoms with Crippen LogP contribution in [0, 0.1) is 0 Å². The first kappa shape index (κ1) is 18.0. The molecule has 3 rings (SSSR count). The molecule has 26 heavy (non-hydrogen) atoms. The molecule has 0 amide bonds. The molecule has 6 heteroatoms. The van der Waals surface area contributed by atoms with Crippen LogP contribution in [0.1, 0.15) is 16.7 Å². The number of nitrogens with one attached hydrogen (secondary N) is 2. The summed E-state index contributed by atoms with van der Waals surface area (Å²) >= 11 is 6.19. The van der Waals surface area contributed by atoms with E-state index in [4.69, 9.17) is 11.6 Å². The summed E-state index contributed by atoms with van der Waals surface area (Å²) in [5, 5.41) is 7.38. The highest BCUT2D eigenvalue weighted by Gasteiger charge is 2.03. The van der Waals surface area contributed by atoms with E-state index in [0.717, 1.165) is 23.1 Å². The number of nitrogens with zero attached hydrogens (tertiary/aromatic N) is 3. The Hall–Kier alpha value is -2.79. The van der Waals surface area contributed by atoms with E-state index in [1.807, 2.05) is 36.8 Å². The van der Waals surface area contributed by atoms with Crippen molar-refractivity contribution in [1.82, 2.24) is 20.2 Å². The van der Waals surface area contributed by atoms with E-state index in [0.29, 0.717) is 13.1 Å². The number of hydrogen-bond acceptors (Lipinski definition) is 2. The average Bonchev–Trinajstić information content (AvgIpc) is 3.16. The molecule has 0 saturated heterocycles. The first-order chi connectivity index (χ1) is 12.7. The minimum Gasteiger partial charge on any atom is -0.352 e. The Labute approximate surface area is 158 Å². The fraction of sp³-hybridized carbons (Fsp3) is 0.200. The maximum atomic E-state index is 6.19. The van der Waals surface area contributed by atoms with E-state index in [1.54, 1.807) is 13.2 Å². The molecule has 0 atom stereocenters. The maximum Gasteiger partial charge on any atom is 0.191 e. The summed E-state index contributed by atoms with van der Waals surface area (Å²) in [6.07, 6.45) is 5.58. The molecule has 0 bridgehead atoms. The topological polar surface area (TPSA) is 54.2 Å². The van der Waals surface area contributed by atoms with E-state index in [2.05, 4.69) is 49.4 Å². The Morgan fingerprint density at radius 2 is 1.88 bits per heavy atom. The molecule has 0 fully saturated rings. The standard InChI is InChI=1S/C20H22ClN5/c1-22-20(25-13-18-7-2-3-8-19(18)21)24-12-16-5-4-6-17(11-16)14-26-10-9-23-15-26/h2-11,15H,12-14H2,1H3,(H2,22,24,25). The van der Waals surface area contributed by atoms with Crippen molar-refractivity contribution in [2.24, 2.45) is 4.99 Å². The van der Waals surface area contributed by atoms with Gasteiger partial charge in [0.2, 0.25) is 0 Å². The SMILES string of the molecule is CN=C(NCc1cccc(Cn2ccnc2)c1)NCc1ccccc1Cl. The van der Waals surface area contributed by atoms with Gasteiger partial charge in [-0.1, -0.05) is 54.1 Å². The second-order valence-electron chi connectivity index (χ2n) is 5.93. The molecule has 0 spiro atoms. The summed E-state index contributed by atoms with van der Waals surface area (Å²) in [7, 11) is 1.76. The smallest absolute Gasteiger partial charge is 0.191 e. The Morgan fingerprint density at radius 3 is 2.65 bits per heavy atom. The van der Waals surface area contributed by atoms with E-state index in [9.17, 15) is 0 Å². The summed E-state index contributed by atoms with van der Waals surface area (Å²) in [4.78, 5) is 8.35. The number of aromatic nitrogens is 2. The molecule has 0 unspecified atom stereocenters. The van der Waals surface area contributed by atoms with Crippen molar-refractivity contribution in [3.63, 3.8) is 0 Å². The van der Waals surface area contributed by atoms with Crippen LogP contribution < -0.4 is 10.6 Å². The van der Waals surface area contributed by atoms with Gasteiger partial charge in [-0.2, -0.15) is 0 Å². The lowest BCUT2D eigenvalue weighted by atomic mass is 10.1. The first-order valence-electron chi connectivity index (χ1n) is 8.46. The summed E-state index contributed by atoms with van der Waals surface area (Å²) in [5.41, 5.74) is 3.48. The molecule has 3 aromatic rings. The van der Waals surface area contributed by atoms with Crippen LogP contribution in [0.3, 0.4) is 0 Å². The van der Waals surface area contributed by atoms with Crippen LogP contribution in [-0.2, 0) is 19.6 Å². The third kappa shape index (κ3) is 5.10. The summed E-state index contributed by atoms with van der Waals surface area (Å²) in [6.45, 7) is 2.13. The monoisotopic (exact) mass is 367 g/mol. The minimum absolute atomic E-state index is 0.625. The molecule has 134 valence electrons. The van der Waals surface area contributed by atoms with Crippen molar-refractivity contribution in [3.8, 4) is 0 Å². The quantitative estimate of drug-likeness (QED) is 0.518. The van der Waals surface area contributed by atoms with Gasteiger partial charge in [-0.15, -0.1) is 0 Å². The summed E-state index contributed by atoms with van der Waals surface area (Å²) < 4.78 is 2.05. The molecule has 0 saturated carbocycles. The zero-order valence-electron chi connectivity index (χ0n) is 14.7. The van der Waals surface area contributed by atoms with Gasteiger partial charge in [-0.05, 0) is 22.8 Å². The van der Waals surface area contributed by atoms with Crippen LogP contribution in [0.2, 0.25) is 5.02 Å². The van der Waals surface area contributed by atoms with Gasteiger partial charge in [0.25, 0.3) is 0 Å². The van der Waals surface area contributed by atoms with Crippen LogP contribution in [0.5, 0.6) is 0 Å². The van der Waals surface area contributed by atoms with Crippen molar-refractivity contribution in [3.05, 3.63) is 89.0 Å². The highest BCUT2D eigenvalue weighted by atomic mass is 35.5. The van der Waals surface area contributed by atoms with Crippen molar-refractivity contribution in [1.29, 1.82) is 0 Å². The van der Waals surface area contributed by atoms with Crippen molar-refractivity contribution < 1.29 is 0 Å². The Morgan fingerprint density at radius 1 is 1.08 bits per heavy atom. The third-order valence-electron chi connectivity index (χ3n) is 4.00. The number of hydrogen-bond donors (Lipinski definition) is 2. The molecule has 0 aliphatic carbocycles. The van der Waals surface area contributed by atoms with Gasteiger partial charge in [-0.3, -0.25) is 4.99 Å². The second-order valence-corrected chi connectivity index (χ2v) is 6.33. The Bertz CT molecular complexity index is 858. The van der Waals surface area contributed by atoms with Gasteiger partial charge in [0.05, 0.1) is 6.33 Å². The van der Waals surface area contributed by atoms with Crippen LogP contribution in [-0.4, -0.2) is 22.6 Å². The molecule has 0 radical (unpaired) electrons. The number of rotatable bonds is 6. The number of guanidine groups is 1. The van der Waals surface area contributed by atoms with Crippen LogP contribution >= 0.6 is 11.6 Å². The number of imidazole rings is 1. The molecule has 1 heterocycles. The highest BCUT2D eigenvalue weighted by molar-refractivity contribution is 6.31. The lowest BCUT2D eigenvalue weighted by Crippen LogP contribution is -2.36. The Balaban J connectivity index is 1.54. The average molecular weight is 368 g/mol. The Kier molecular flexibility index (Phi) is 6.28. The van der Waals surface area contributed by atoms with Gasteiger partial charge in [0.15, 0.2) is 5.96 Å². The number of halogens is 1. The van der Waals surface area contributed by atoms with Crippen LogP contribution in [0.15, 0.2) is 72.2 Å². The van der Waals surface area contributed by atoms with Crippen molar-refractivity contribution in [2.75, 3.05) is 7.05 Å². The number of benzene rings is 2. The molecule has 2 aromatic carbocycles. The van der Waals surface area contributed by atoms with E-state index in [-0.39, 0.29) is 0 Å². The molecule has 2 N–H and O–H groups in total. The fourth-order valence-corrected chi connectivity index (χ4v) is 2.86. The molecule has 0 aliphatic heterocycles. The second kappa shape index (κ2) is 9.06. The van der Waals surface area contributed by atoms with Crippen LogP contribution in [0.25, 0.3) is 0 Å². The number of aliphatic imine (C=N–C) groups is 1. The largest absolute Gasteiger partial charge is 0.352 e. The zero-order valence-corrected chi connectivity index (χ0v) is 15.4. The van der Waals surface area contributed by atoms with Gasteiger partial charge < -0.3 is 15.2 Å². The first-order valence-corrected chi connectivity index (χ1v) is 8.84. The summed E-state index contributed by atoms with van der Waals surface area (Å²) in [6, 6.07) is 16.3. The maximum absolute atomic E-state index is 6.19. The van der Waals surface area contributed by atoms with E-state index in [1.165, 1.54) is 11.1 Å². The van der Waals surface area contributed by atoms with E-state index >= 15 is 0 Å². The predicted octanol–water partition coefficient (Wildman–Crippen LogP) is 3.45. The van der Waals surface area contributed by atoms with E-state index < -0.39 is 0 Å². The highest BCUT2D eigenvalue weighted by Crippen LogP contribution is 2.14. The molecular formula is C20H22ClN5. The summed E-state index contributed by atoms with van der Waals surface area (Å²) in [5.74, 6) is 0.741. The minimum atomic E-state index is 0.625. The van der Waals surface area contributed by atoms with Crippen molar-refractivity contribution >= 4 is 17.6 Å².